The minimum Gasteiger partial charge on any atom is -0.456 e. The summed E-state index contributed by atoms with van der Waals surface area (Å²) in [6.07, 6.45) is 7.18. The van der Waals surface area contributed by atoms with E-state index in [1.54, 1.807) is 12.3 Å². The molecule has 242 valence electrons. The minimum absolute atomic E-state index is 0.149. The van der Waals surface area contributed by atoms with Crippen LogP contribution < -0.4 is 16.0 Å². The first-order chi connectivity index (χ1) is 22.1. The molecule has 3 heterocycles. The van der Waals surface area contributed by atoms with Crippen molar-refractivity contribution >= 4 is 17.7 Å². The lowest BCUT2D eigenvalue weighted by Gasteiger charge is -2.42. The second-order valence-corrected chi connectivity index (χ2v) is 14.2. The second-order valence-electron chi connectivity index (χ2n) is 14.2. The summed E-state index contributed by atoms with van der Waals surface area (Å²) in [5.74, 6) is 2.24. The molecule has 6 rings (SSSR count). The van der Waals surface area contributed by atoms with Gasteiger partial charge >= 0.3 is 0 Å². The Morgan fingerprint density at radius 3 is 2.46 bits per heavy atom. The molecular weight excluding hydrogens is 574 g/mol. The van der Waals surface area contributed by atoms with Gasteiger partial charge in [-0.2, -0.15) is 4.98 Å². The van der Waals surface area contributed by atoms with Crippen LogP contribution in [0.5, 0.6) is 0 Å². The van der Waals surface area contributed by atoms with Crippen LogP contribution in [0.25, 0.3) is 0 Å². The smallest absolute Gasteiger partial charge is 0.287 e. The van der Waals surface area contributed by atoms with Crippen LogP contribution >= 0.6 is 0 Å². The first-order valence-corrected chi connectivity index (χ1v) is 16.6. The average Bonchev–Trinajstić information content (AvgIpc) is 3.74. The molecule has 1 amide bonds. The maximum atomic E-state index is 13.0. The molecule has 3 N–H and O–H groups in total. The average molecular weight is 622 g/mol. The van der Waals surface area contributed by atoms with Crippen molar-refractivity contribution in [3.05, 3.63) is 106 Å². The van der Waals surface area contributed by atoms with Gasteiger partial charge in [0.2, 0.25) is 5.95 Å². The molecule has 0 unspecified atom stereocenters. The fourth-order valence-electron chi connectivity index (χ4n) is 6.60. The van der Waals surface area contributed by atoms with Crippen LogP contribution in [0.15, 0.2) is 65.2 Å². The van der Waals surface area contributed by atoms with Crippen LogP contribution in [-0.4, -0.2) is 35.1 Å². The highest BCUT2D eigenvalue weighted by Crippen LogP contribution is 2.46. The third-order valence-corrected chi connectivity index (χ3v) is 9.64. The SMILES string of the molecule is Cc1cc2c(cc1Cc1ccc(C(=O)NCc3cccc(CNc4ccnc(NC[C@H]5CCCO5)n4)c3)o1)C(C)(C)CCC2(C)C. The summed E-state index contributed by atoms with van der Waals surface area (Å²) in [7, 11) is 0. The van der Waals surface area contributed by atoms with Gasteiger partial charge in [-0.05, 0) is 95.0 Å². The van der Waals surface area contributed by atoms with Crippen LogP contribution in [0.2, 0.25) is 0 Å². The van der Waals surface area contributed by atoms with Crippen molar-refractivity contribution in [3.8, 4) is 0 Å². The van der Waals surface area contributed by atoms with Crippen LogP contribution in [0.3, 0.4) is 0 Å². The number of carbonyl (C=O) groups is 1. The number of nitrogens with one attached hydrogen (secondary N) is 3. The number of fused-ring (bicyclic) bond motifs is 1. The molecular formula is C38H47N5O3. The maximum absolute atomic E-state index is 13.0. The van der Waals surface area contributed by atoms with E-state index in [9.17, 15) is 4.79 Å². The van der Waals surface area contributed by atoms with Gasteiger partial charge in [0.25, 0.3) is 5.91 Å². The third kappa shape index (κ3) is 7.44. The summed E-state index contributed by atoms with van der Waals surface area (Å²) < 4.78 is 11.7. The highest BCUT2D eigenvalue weighted by Gasteiger charge is 2.37. The van der Waals surface area contributed by atoms with E-state index >= 15 is 0 Å². The summed E-state index contributed by atoms with van der Waals surface area (Å²) in [6, 6.07) is 18.5. The molecule has 2 aromatic carbocycles. The van der Waals surface area contributed by atoms with Crippen LogP contribution in [0, 0.1) is 6.92 Å². The van der Waals surface area contributed by atoms with E-state index in [1.165, 1.54) is 35.1 Å². The molecule has 1 aliphatic heterocycles. The number of benzene rings is 2. The zero-order chi connectivity index (χ0) is 32.3. The lowest BCUT2D eigenvalue weighted by molar-refractivity contribution is 0.0921. The number of hydrogen-bond acceptors (Lipinski definition) is 7. The van der Waals surface area contributed by atoms with Crippen molar-refractivity contribution in [3.63, 3.8) is 0 Å². The second kappa shape index (κ2) is 13.3. The Hall–Kier alpha value is -4.17. The zero-order valence-corrected chi connectivity index (χ0v) is 27.8. The monoisotopic (exact) mass is 621 g/mol. The molecule has 8 nitrogen and oxygen atoms in total. The molecule has 1 fully saturated rings. The van der Waals surface area contributed by atoms with Gasteiger partial charge in [0.15, 0.2) is 5.76 Å². The van der Waals surface area contributed by atoms with Gasteiger partial charge in [-0.3, -0.25) is 4.79 Å². The van der Waals surface area contributed by atoms with Crippen LogP contribution in [0.4, 0.5) is 11.8 Å². The Bertz CT molecular complexity index is 1690. The van der Waals surface area contributed by atoms with Gasteiger partial charge in [-0.1, -0.05) is 64.1 Å². The molecule has 1 aliphatic carbocycles. The minimum atomic E-state index is -0.219. The van der Waals surface area contributed by atoms with E-state index in [1.807, 2.05) is 24.3 Å². The first kappa shape index (κ1) is 31.8. The Labute approximate surface area is 272 Å². The lowest BCUT2D eigenvalue weighted by Crippen LogP contribution is -2.34. The normalized spacial score (nSPS) is 18.2. The quantitative estimate of drug-likeness (QED) is 0.160. The molecule has 8 heteroatoms. The van der Waals surface area contributed by atoms with Gasteiger partial charge in [0, 0.05) is 38.9 Å². The third-order valence-electron chi connectivity index (χ3n) is 9.64. The number of amides is 1. The zero-order valence-electron chi connectivity index (χ0n) is 27.8. The predicted octanol–water partition coefficient (Wildman–Crippen LogP) is 7.45. The Morgan fingerprint density at radius 2 is 1.70 bits per heavy atom. The molecule has 0 saturated carbocycles. The number of hydrogen-bond donors (Lipinski definition) is 3. The molecule has 4 aromatic rings. The number of furan rings is 1. The summed E-state index contributed by atoms with van der Waals surface area (Å²) >= 11 is 0. The summed E-state index contributed by atoms with van der Waals surface area (Å²) in [4.78, 5) is 21.9. The van der Waals surface area contributed by atoms with Crippen molar-refractivity contribution in [2.45, 2.75) is 96.7 Å². The van der Waals surface area contributed by atoms with Gasteiger partial charge < -0.3 is 25.1 Å². The number of rotatable bonds is 11. The van der Waals surface area contributed by atoms with Gasteiger partial charge in [0.05, 0.1) is 6.10 Å². The summed E-state index contributed by atoms with van der Waals surface area (Å²) in [5.41, 5.74) is 7.86. The molecule has 2 aliphatic rings. The number of anilines is 2. The maximum Gasteiger partial charge on any atom is 0.287 e. The fraction of sp³-hybridized carbons (Fsp3) is 0.447. The number of aromatic nitrogens is 2. The largest absolute Gasteiger partial charge is 0.456 e. The van der Waals surface area contributed by atoms with Gasteiger partial charge in [0.1, 0.15) is 11.6 Å². The predicted molar refractivity (Wildman–Crippen MR) is 182 cm³/mol. The molecule has 1 saturated heterocycles. The summed E-state index contributed by atoms with van der Waals surface area (Å²) in [6.45, 7) is 14.1. The summed E-state index contributed by atoms with van der Waals surface area (Å²) in [5, 5.41) is 9.66. The van der Waals surface area contributed by atoms with E-state index in [0.717, 1.165) is 42.2 Å². The Balaban J connectivity index is 1.02. The standard InChI is InChI=1S/C38H47N5O3/c1-25-18-31-32(38(4,5)15-14-37(31,2)3)21-28(25)20-29-11-12-33(46-29)35(44)41-23-27-9-6-8-26(19-27)22-40-34-13-16-39-36(43-34)42-24-30-10-7-17-45-30/h6,8-9,11-13,16,18-19,21,30H,7,10,14-15,17,20,22-24H2,1-5H3,(H,41,44)(H2,39,40,42,43)/t30-/m1/s1. The van der Waals surface area contributed by atoms with Crippen molar-refractivity contribution < 1.29 is 13.9 Å². The van der Waals surface area contributed by atoms with E-state index in [4.69, 9.17) is 9.15 Å². The topological polar surface area (TPSA) is 101 Å². The molecule has 0 radical (unpaired) electrons. The lowest BCUT2D eigenvalue weighted by atomic mass is 9.62. The first-order valence-electron chi connectivity index (χ1n) is 16.6. The van der Waals surface area contributed by atoms with Crippen molar-refractivity contribution in [1.82, 2.24) is 15.3 Å². The van der Waals surface area contributed by atoms with E-state index in [0.29, 0.717) is 37.8 Å². The number of nitrogens with zero attached hydrogens (tertiary/aromatic N) is 2. The van der Waals surface area contributed by atoms with Crippen molar-refractivity contribution in [2.75, 3.05) is 23.8 Å². The fourth-order valence-corrected chi connectivity index (χ4v) is 6.60. The molecule has 1 atom stereocenters. The molecule has 0 bridgehead atoms. The number of ether oxygens (including phenoxy) is 1. The highest BCUT2D eigenvalue weighted by molar-refractivity contribution is 5.91. The van der Waals surface area contributed by atoms with E-state index in [-0.39, 0.29) is 22.8 Å². The van der Waals surface area contributed by atoms with Gasteiger partial charge in [-0.25, -0.2) is 4.98 Å². The molecule has 46 heavy (non-hydrogen) atoms. The van der Waals surface area contributed by atoms with E-state index < -0.39 is 0 Å². The van der Waals surface area contributed by atoms with Crippen LogP contribution in [0.1, 0.15) is 103 Å². The number of aryl methyl sites for hydroxylation is 1. The Morgan fingerprint density at radius 1 is 0.935 bits per heavy atom. The van der Waals surface area contributed by atoms with Crippen LogP contribution in [-0.2, 0) is 35.1 Å². The van der Waals surface area contributed by atoms with E-state index in [2.05, 4.69) is 84.8 Å². The molecule has 2 aromatic heterocycles. The Kier molecular flexibility index (Phi) is 9.18. The van der Waals surface area contributed by atoms with Gasteiger partial charge in [-0.15, -0.1) is 0 Å². The highest BCUT2D eigenvalue weighted by atomic mass is 16.5. The molecule has 0 spiro atoms. The number of carbonyl (C=O) groups excluding carboxylic acids is 1. The van der Waals surface area contributed by atoms with Crippen molar-refractivity contribution in [1.29, 1.82) is 0 Å². The van der Waals surface area contributed by atoms with Crippen molar-refractivity contribution in [2.24, 2.45) is 0 Å².